The molecule has 5 nitrogen and oxygen atoms in total. The zero-order valence-electron chi connectivity index (χ0n) is 20.1. The molecule has 0 saturated carbocycles. The zero-order valence-corrected chi connectivity index (χ0v) is 21.7. The lowest BCUT2D eigenvalue weighted by molar-refractivity contribution is 0.408. The lowest BCUT2D eigenvalue weighted by Gasteiger charge is -2.25. The van der Waals surface area contributed by atoms with Crippen LogP contribution < -0.4 is 21.1 Å². The quantitative estimate of drug-likeness (QED) is 0.109. The van der Waals surface area contributed by atoms with Gasteiger partial charge in [0, 0.05) is 38.8 Å². The molecule has 2 aliphatic rings. The average molecular weight is 513 g/mol. The summed E-state index contributed by atoms with van der Waals surface area (Å²) in [5.74, 6) is 1.35. The number of rotatable bonds is 8. The fraction of sp³-hybridized carbons (Fsp3) is 0.172. The highest BCUT2D eigenvalue weighted by Gasteiger charge is 2.20. The van der Waals surface area contributed by atoms with Gasteiger partial charge in [-0.25, -0.2) is 4.99 Å². The third-order valence-electron chi connectivity index (χ3n) is 6.17. The normalized spacial score (nSPS) is 14.5. The first-order valence-corrected chi connectivity index (χ1v) is 13.1. The van der Waals surface area contributed by atoms with Gasteiger partial charge in [-0.05, 0) is 54.9 Å². The highest BCUT2D eigenvalue weighted by atomic mass is 32.2. The van der Waals surface area contributed by atoms with E-state index in [-0.39, 0.29) is 0 Å². The number of aliphatic imine (C=N–C) groups is 1. The van der Waals surface area contributed by atoms with E-state index in [1.165, 1.54) is 15.4 Å². The van der Waals surface area contributed by atoms with Crippen molar-refractivity contribution in [3.8, 4) is 5.75 Å². The van der Waals surface area contributed by atoms with Crippen molar-refractivity contribution in [2.75, 3.05) is 19.0 Å². The van der Waals surface area contributed by atoms with Crippen molar-refractivity contribution in [1.29, 1.82) is 0 Å². The molecule has 0 bridgehead atoms. The van der Waals surface area contributed by atoms with Crippen LogP contribution >= 0.6 is 24.0 Å². The van der Waals surface area contributed by atoms with E-state index in [2.05, 4.69) is 64.2 Å². The molecule has 36 heavy (non-hydrogen) atoms. The molecule has 0 amide bonds. The van der Waals surface area contributed by atoms with Gasteiger partial charge in [0.15, 0.2) is 0 Å². The number of fused-ring (bicyclic) bond motifs is 2. The molecule has 5 rings (SSSR count). The molecule has 7 heteroatoms. The Bertz CT molecular complexity index is 1380. The van der Waals surface area contributed by atoms with Crippen LogP contribution in [0.4, 0.5) is 17.1 Å². The fourth-order valence-corrected chi connectivity index (χ4v) is 5.55. The maximum absolute atomic E-state index is 6.19. The zero-order chi connectivity index (χ0) is 24.9. The number of anilines is 2. The van der Waals surface area contributed by atoms with E-state index in [1.54, 1.807) is 18.9 Å². The molecule has 3 aromatic carbocycles. The van der Waals surface area contributed by atoms with Crippen LogP contribution in [-0.2, 0) is 13.0 Å². The van der Waals surface area contributed by atoms with Crippen LogP contribution in [0.15, 0.2) is 99.2 Å². The van der Waals surface area contributed by atoms with Crippen molar-refractivity contribution >= 4 is 51.7 Å². The Morgan fingerprint density at radius 1 is 1.11 bits per heavy atom. The molecule has 0 aromatic heterocycles. The topological polar surface area (TPSA) is 71.7 Å². The molecule has 4 N–H and O–H groups in total. The summed E-state index contributed by atoms with van der Waals surface area (Å²) in [7, 11) is 1.72. The Hall–Kier alpha value is -3.39. The number of ether oxygens (including phenoxy) is 1. The van der Waals surface area contributed by atoms with E-state index >= 15 is 0 Å². The molecular formula is C29H28N4OS2. The monoisotopic (exact) mass is 512 g/mol. The van der Waals surface area contributed by atoms with Crippen LogP contribution in [0, 0.1) is 0 Å². The molecule has 3 aromatic rings. The Balaban J connectivity index is 1.20. The summed E-state index contributed by atoms with van der Waals surface area (Å²) in [4.78, 5) is 7.83. The summed E-state index contributed by atoms with van der Waals surface area (Å²) >= 11 is 7.19. The molecule has 0 radical (unpaired) electrons. The minimum atomic E-state index is 0.466. The van der Waals surface area contributed by atoms with Gasteiger partial charge in [0.1, 0.15) is 11.6 Å². The van der Waals surface area contributed by atoms with Crippen molar-refractivity contribution < 1.29 is 4.74 Å². The summed E-state index contributed by atoms with van der Waals surface area (Å²) in [6.07, 6.45) is 7.57. The molecule has 0 spiro atoms. The molecule has 1 aliphatic heterocycles. The number of nitrogens with one attached hydrogen (secondary N) is 2. The molecule has 0 atom stereocenters. The largest absolute Gasteiger partial charge is 0.496 e. The Kier molecular flexibility index (Phi) is 7.51. The van der Waals surface area contributed by atoms with E-state index < -0.39 is 0 Å². The van der Waals surface area contributed by atoms with Crippen LogP contribution in [0.5, 0.6) is 5.75 Å². The van der Waals surface area contributed by atoms with Gasteiger partial charge in [0.25, 0.3) is 0 Å². The van der Waals surface area contributed by atoms with Crippen LogP contribution in [0.25, 0.3) is 0 Å². The summed E-state index contributed by atoms with van der Waals surface area (Å²) < 4.78 is 5.68. The van der Waals surface area contributed by atoms with Crippen molar-refractivity contribution in [3.63, 3.8) is 0 Å². The van der Waals surface area contributed by atoms with E-state index in [9.17, 15) is 0 Å². The number of para-hydroxylation sites is 1. The number of benzene rings is 3. The number of allylic oxidation sites excluding steroid dienone is 3. The minimum Gasteiger partial charge on any atom is -0.496 e. The van der Waals surface area contributed by atoms with E-state index in [0.29, 0.717) is 12.4 Å². The Morgan fingerprint density at radius 3 is 2.75 bits per heavy atom. The van der Waals surface area contributed by atoms with E-state index in [0.717, 1.165) is 58.2 Å². The van der Waals surface area contributed by atoms with Crippen molar-refractivity contribution in [2.45, 2.75) is 29.2 Å². The standard InChI is InChI=1S/C29H28N4OS2/c1-34-24-14-15-27-28(33-23-7-3-5-9-26(23)36-27)22(24)18-31-17-16-19-10-12-20(13-11-19)32-29(30)21-6-2-4-8-25(21)35/h2-7,9-15,31,33H,8,16-18H2,1H3,(H2,30,32). The van der Waals surface area contributed by atoms with Gasteiger partial charge < -0.3 is 21.1 Å². The second-order valence-electron chi connectivity index (χ2n) is 8.57. The average Bonchev–Trinajstić information content (AvgIpc) is 2.91. The van der Waals surface area contributed by atoms with Gasteiger partial charge in [-0.15, -0.1) is 0 Å². The molecule has 1 heterocycles. The van der Waals surface area contributed by atoms with Gasteiger partial charge in [-0.1, -0.05) is 66.5 Å². The number of nitrogens with two attached hydrogens (primary N) is 1. The number of thiocarbonyl (C=S) groups is 1. The van der Waals surface area contributed by atoms with Gasteiger partial charge in [0.2, 0.25) is 0 Å². The molecule has 0 saturated heterocycles. The van der Waals surface area contributed by atoms with Crippen molar-refractivity contribution in [3.05, 3.63) is 95.6 Å². The number of amidine groups is 1. The summed E-state index contributed by atoms with van der Waals surface area (Å²) in [6.45, 7) is 1.55. The van der Waals surface area contributed by atoms with Crippen molar-refractivity contribution in [1.82, 2.24) is 5.32 Å². The van der Waals surface area contributed by atoms with Crippen LogP contribution in [-0.4, -0.2) is 24.4 Å². The molecule has 1 aliphatic carbocycles. The van der Waals surface area contributed by atoms with Gasteiger partial charge in [-0.2, -0.15) is 0 Å². The maximum atomic E-state index is 6.19. The predicted molar refractivity (Wildman–Crippen MR) is 154 cm³/mol. The molecule has 0 unspecified atom stereocenters. The predicted octanol–water partition coefficient (Wildman–Crippen LogP) is 6.48. The third-order valence-corrected chi connectivity index (χ3v) is 7.70. The van der Waals surface area contributed by atoms with Crippen molar-refractivity contribution in [2.24, 2.45) is 10.7 Å². The van der Waals surface area contributed by atoms with E-state index in [1.807, 2.05) is 30.4 Å². The fourth-order valence-electron chi connectivity index (χ4n) is 4.26. The van der Waals surface area contributed by atoms with Gasteiger partial charge >= 0.3 is 0 Å². The number of methoxy groups -OCH3 is 1. The molecule has 182 valence electrons. The van der Waals surface area contributed by atoms with Gasteiger partial charge in [-0.3, -0.25) is 0 Å². The molecule has 0 fully saturated rings. The highest BCUT2D eigenvalue weighted by molar-refractivity contribution is 7.99. The first kappa shape index (κ1) is 24.3. The second kappa shape index (κ2) is 11.1. The Morgan fingerprint density at radius 2 is 1.94 bits per heavy atom. The summed E-state index contributed by atoms with van der Waals surface area (Å²) in [5, 5.41) is 7.20. The smallest absolute Gasteiger partial charge is 0.132 e. The van der Waals surface area contributed by atoms with E-state index in [4.69, 9.17) is 22.7 Å². The third kappa shape index (κ3) is 5.38. The summed E-state index contributed by atoms with van der Waals surface area (Å²) in [6, 6.07) is 20.7. The first-order chi connectivity index (χ1) is 17.6. The van der Waals surface area contributed by atoms with Crippen LogP contribution in [0.2, 0.25) is 0 Å². The first-order valence-electron chi connectivity index (χ1n) is 11.9. The Labute approximate surface area is 221 Å². The van der Waals surface area contributed by atoms with Crippen LogP contribution in [0.3, 0.4) is 0 Å². The van der Waals surface area contributed by atoms with Gasteiger partial charge in [0.05, 0.1) is 24.2 Å². The SMILES string of the molecule is COc1ccc2c(c1CNCCc1ccc(N=C(N)C3=CC=CCC3=S)cc1)Nc1ccccc1S2. The molecular weight excluding hydrogens is 484 g/mol. The number of hydrogen-bond acceptors (Lipinski definition) is 6. The second-order valence-corrected chi connectivity index (χ2v) is 10.1. The summed E-state index contributed by atoms with van der Waals surface area (Å²) in [5.41, 5.74) is 12.5. The minimum absolute atomic E-state index is 0.466. The lowest BCUT2D eigenvalue weighted by Crippen LogP contribution is -2.20. The maximum Gasteiger partial charge on any atom is 0.132 e. The number of hydrogen-bond donors (Lipinski definition) is 3. The highest BCUT2D eigenvalue weighted by Crippen LogP contribution is 2.47. The van der Waals surface area contributed by atoms with Crippen LogP contribution in [0.1, 0.15) is 17.5 Å². The lowest BCUT2D eigenvalue weighted by atomic mass is 10.0. The number of nitrogens with zero attached hydrogens (tertiary/aromatic N) is 1.